The van der Waals surface area contributed by atoms with Crippen molar-refractivity contribution in [1.29, 1.82) is 0 Å². The van der Waals surface area contributed by atoms with Crippen molar-refractivity contribution in [3.8, 4) is 17.2 Å². The van der Waals surface area contributed by atoms with Gasteiger partial charge in [-0.05, 0) is 77.6 Å². The topological polar surface area (TPSA) is 46.7 Å². The van der Waals surface area contributed by atoms with Crippen LogP contribution in [0.5, 0.6) is 17.2 Å². The number of aromatic amines is 1. The van der Waals surface area contributed by atoms with Crippen molar-refractivity contribution in [2.24, 2.45) is 0 Å². The molecule has 0 saturated heterocycles. The van der Waals surface area contributed by atoms with Crippen molar-refractivity contribution < 1.29 is 23.0 Å². The summed E-state index contributed by atoms with van der Waals surface area (Å²) in [5, 5.41) is 1.20. The van der Waals surface area contributed by atoms with E-state index in [1.807, 2.05) is 6.07 Å². The number of hydrogen-bond acceptors (Lipinski definition) is 4. The highest BCUT2D eigenvalue weighted by Crippen LogP contribution is 2.44. The van der Waals surface area contributed by atoms with Crippen LogP contribution in [0.3, 0.4) is 0 Å². The van der Waals surface area contributed by atoms with Crippen LogP contribution < -0.4 is 14.2 Å². The standard InChI is InChI=1S/C28H26F2N2O3/c1-33-18-4-6-24-20(11-18)21-12-26-19-13-28(35-15-16-3-5-22(29)23(30)9-16)27(34-2)10-17(19)7-8-32(26)14-25(21)31-24/h3-6,9-11,13,26,31H,7-8,12,14-15H2,1-2H3. The number of aromatic nitrogens is 1. The van der Waals surface area contributed by atoms with Crippen LogP contribution in [0.1, 0.15) is 34.0 Å². The predicted molar refractivity (Wildman–Crippen MR) is 129 cm³/mol. The Hall–Kier alpha value is -3.58. The van der Waals surface area contributed by atoms with Crippen LogP contribution in [0.25, 0.3) is 10.9 Å². The lowest BCUT2D eigenvalue weighted by molar-refractivity contribution is 0.158. The number of H-pyrrole nitrogens is 1. The third-order valence-electron chi connectivity index (χ3n) is 7.23. The number of hydrogen-bond donors (Lipinski definition) is 1. The molecule has 4 aromatic rings. The Bertz CT molecular complexity index is 1430. The summed E-state index contributed by atoms with van der Waals surface area (Å²) in [6.07, 6.45) is 1.81. The fourth-order valence-corrected chi connectivity index (χ4v) is 5.43. The van der Waals surface area contributed by atoms with E-state index in [1.54, 1.807) is 14.2 Å². The fraction of sp³-hybridized carbons (Fsp3) is 0.286. The highest BCUT2D eigenvalue weighted by atomic mass is 19.2. The van der Waals surface area contributed by atoms with Crippen molar-refractivity contribution >= 4 is 10.9 Å². The molecular weight excluding hydrogens is 450 g/mol. The number of ether oxygens (including phenoxy) is 3. The largest absolute Gasteiger partial charge is 0.497 e. The minimum absolute atomic E-state index is 0.118. The summed E-state index contributed by atoms with van der Waals surface area (Å²) in [4.78, 5) is 6.10. The van der Waals surface area contributed by atoms with E-state index in [2.05, 4.69) is 34.1 Å². The molecule has 2 aliphatic heterocycles. The molecule has 0 fully saturated rings. The number of fused-ring (bicyclic) bond motifs is 6. The monoisotopic (exact) mass is 476 g/mol. The van der Waals surface area contributed by atoms with Gasteiger partial charge in [-0.15, -0.1) is 0 Å². The van der Waals surface area contributed by atoms with Gasteiger partial charge in [0.25, 0.3) is 0 Å². The third-order valence-corrected chi connectivity index (χ3v) is 7.23. The predicted octanol–water partition coefficient (Wildman–Crippen LogP) is 5.70. The Balaban J connectivity index is 1.34. The van der Waals surface area contributed by atoms with E-state index >= 15 is 0 Å². The highest BCUT2D eigenvalue weighted by molar-refractivity contribution is 5.86. The molecule has 0 aliphatic carbocycles. The minimum Gasteiger partial charge on any atom is -0.497 e. The molecule has 35 heavy (non-hydrogen) atoms. The minimum atomic E-state index is -0.882. The molecule has 3 heterocycles. The maximum absolute atomic E-state index is 13.6. The Morgan fingerprint density at radius 3 is 2.66 bits per heavy atom. The molecule has 3 aromatic carbocycles. The summed E-state index contributed by atoms with van der Waals surface area (Å²) < 4.78 is 44.1. The van der Waals surface area contributed by atoms with Gasteiger partial charge in [-0.2, -0.15) is 0 Å². The van der Waals surface area contributed by atoms with Crippen molar-refractivity contribution in [3.05, 3.63) is 88.1 Å². The van der Waals surface area contributed by atoms with E-state index in [0.29, 0.717) is 17.1 Å². The maximum atomic E-state index is 13.6. The van der Waals surface area contributed by atoms with Gasteiger partial charge in [0.05, 0.1) is 14.2 Å². The van der Waals surface area contributed by atoms with Gasteiger partial charge >= 0.3 is 0 Å². The summed E-state index contributed by atoms with van der Waals surface area (Å²) in [6, 6.07) is 14.3. The smallest absolute Gasteiger partial charge is 0.162 e. The molecule has 1 aromatic heterocycles. The van der Waals surface area contributed by atoms with Gasteiger partial charge in [0.2, 0.25) is 0 Å². The first-order valence-corrected chi connectivity index (χ1v) is 11.7. The Morgan fingerprint density at radius 1 is 0.971 bits per heavy atom. The molecule has 0 bridgehead atoms. The Labute approximate surface area is 202 Å². The molecule has 1 atom stereocenters. The normalized spacial score (nSPS) is 17.0. The van der Waals surface area contributed by atoms with Crippen LogP contribution in [-0.4, -0.2) is 30.6 Å². The van der Waals surface area contributed by atoms with E-state index in [-0.39, 0.29) is 12.6 Å². The third kappa shape index (κ3) is 3.80. The van der Waals surface area contributed by atoms with Gasteiger partial charge in [0, 0.05) is 35.7 Å². The van der Waals surface area contributed by atoms with Crippen molar-refractivity contribution in [1.82, 2.24) is 9.88 Å². The number of benzene rings is 3. The van der Waals surface area contributed by atoms with Gasteiger partial charge in [0.15, 0.2) is 23.1 Å². The van der Waals surface area contributed by atoms with Gasteiger partial charge in [-0.25, -0.2) is 8.78 Å². The van der Waals surface area contributed by atoms with Gasteiger partial charge in [-0.1, -0.05) is 6.07 Å². The van der Waals surface area contributed by atoms with Crippen molar-refractivity contribution in [3.63, 3.8) is 0 Å². The van der Waals surface area contributed by atoms with Crippen LogP contribution in [-0.2, 0) is 26.0 Å². The Morgan fingerprint density at radius 2 is 1.86 bits per heavy atom. The molecule has 0 saturated carbocycles. The van der Waals surface area contributed by atoms with Crippen LogP contribution >= 0.6 is 0 Å². The van der Waals surface area contributed by atoms with Crippen LogP contribution in [0.4, 0.5) is 8.78 Å². The first-order chi connectivity index (χ1) is 17.0. The summed E-state index contributed by atoms with van der Waals surface area (Å²) in [6.45, 7) is 1.94. The van der Waals surface area contributed by atoms with E-state index in [9.17, 15) is 8.78 Å². The number of rotatable bonds is 5. The second kappa shape index (κ2) is 8.57. The second-order valence-corrected chi connectivity index (χ2v) is 9.17. The van der Waals surface area contributed by atoms with Gasteiger partial charge in [0.1, 0.15) is 12.4 Å². The zero-order valence-corrected chi connectivity index (χ0v) is 19.7. The van der Waals surface area contributed by atoms with E-state index < -0.39 is 11.6 Å². The average molecular weight is 477 g/mol. The molecule has 180 valence electrons. The zero-order chi connectivity index (χ0) is 24.1. The SMILES string of the molecule is COc1ccc2[nH]c3c(c2c1)CC1c2cc(OCc4ccc(F)c(F)c4)c(OC)cc2CCN1C3. The molecule has 5 nitrogen and oxygen atoms in total. The number of methoxy groups -OCH3 is 2. The lowest BCUT2D eigenvalue weighted by Gasteiger charge is -2.40. The van der Waals surface area contributed by atoms with Gasteiger partial charge in [-0.3, -0.25) is 4.90 Å². The summed E-state index contributed by atoms with van der Waals surface area (Å²) in [5.74, 6) is 0.347. The molecule has 6 rings (SSSR count). The molecule has 1 unspecified atom stereocenters. The fourth-order valence-electron chi connectivity index (χ4n) is 5.43. The van der Waals surface area contributed by atoms with Crippen LogP contribution in [0.2, 0.25) is 0 Å². The number of halogens is 2. The summed E-state index contributed by atoms with van der Waals surface area (Å²) in [5.41, 5.74) is 6.75. The van der Waals surface area contributed by atoms with E-state index in [4.69, 9.17) is 14.2 Å². The summed E-state index contributed by atoms with van der Waals surface area (Å²) >= 11 is 0. The maximum Gasteiger partial charge on any atom is 0.162 e. The molecule has 1 N–H and O–H groups in total. The van der Waals surface area contributed by atoms with E-state index in [1.165, 1.54) is 33.8 Å². The Kier molecular flexibility index (Phi) is 5.37. The van der Waals surface area contributed by atoms with Crippen molar-refractivity contribution in [2.75, 3.05) is 20.8 Å². The first-order valence-electron chi connectivity index (χ1n) is 11.7. The molecule has 2 aliphatic rings. The molecule has 0 radical (unpaired) electrons. The molecule has 0 spiro atoms. The first kappa shape index (κ1) is 21.9. The number of nitrogens with one attached hydrogen (secondary N) is 1. The van der Waals surface area contributed by atoms with Crippen LogP contribution in [0, 0.1) is 11.6 Å². The van der Waals surface area contributed by atoms with Crippen molar-refractivity contribution in [2.45, 2.75) is 32.0 Å². The van der Waals surface area contributed by atoms with E-state index in [0.717, 1.165) is 49.3 Å². The lowest BCUT2D eigenvalue weighted by atomic mass is 9.85. The second-order valence-electron chi connectivity index (χ2n) is 9.17. The number of nitrogens with zero attached hydrogens (tertiary/aromatic N) is 1. The quantitative estimate of drug-likeness (QED) is 0.402. The lowest BCUT2D eigenvalue weighted by Crippen LogP contribution is -2.39. The zero-order valence-electron chi connectivity index (χ0n) is 19.7. The molecule has 7 heteroatoms. The molecule has 0 amide bonds. The van der Waals surface area contributed by atoms with Crippen LogP contribution in [0.15, 0.2) is 48.5 Å². The van der Waals surface area contributed by atoms with Gasteiger partial charge < -0.3 is 19.2 Å². The average Bonchev–Trinajstić information content (AvgIpc) is 3.24. The highest BCUT2D eigenvalue weighted by Gasteiger charge is 2.34. The summed E-state index contributed by atoms with van der Waals surface area (Å²) in [7, 11) is 3.31. The molecular formula is C28H26F2N2O3.